The van der Waals surface area contributed by atoms with Gasteiger partial charge in [0.1, 0.15) is 0 Å². The maximum Gasteiger partial charge on any atom is 0.154 e. The molecular formula is C15H22ClNO3S. The Kier molecular flexibility index (Phi) is 4.98. The van der Waals surface area contributed by atoms with Crippen molar-refractivity contribution in [1.82, 2.24) is 0 Å². The average molecular weight is 332 g/mol. The second kappa shape index (κ2) is 6.24. The van der Waals surface area contributed by atoms with Crippen molar-refractivity contribution in [2.24, 2.45) is 11.1 Å². The van der Waals surface area contributed by atoms with E-state index in [1.54, 1.807) is 13.0 Å². The number of sulfone groups is 1. The highest BCUT2D eigenvalue weighted by Crippen LogP contribution is 2.62. The number of rotatable bonds is 7. The van der Waals surface area contributed by atoms with Gasteiger partial charge in [0.25, 0.3) is 0 Å². The Morgan fingerprint density at radius 3 is 2.62 bits per heavy atom. The third-order valence-corrected chi connectivity index (χ3v) is 6.89. The third-order valence-electron chi connectivity index (χ3n) is 4.33. The Bertz CT molecular complexity index is 605. The van der Waals surface area contributed by atoms with Crippen molar-refractivity contribution in [2.45, 2.75) is 25.0 Å². The van der Waals surface area contributed by atoms with Gasteiger partial charge in [-0.05, 0) is 24.6 Å². The Morgan fingerprint density at radius 2 is 2.10 bits per heavy atom. The first-order valence-corrected chi connectivity index (χ1v) is 9.27. The fourth-order valence-corrected chi connectivity index (χ4v) is 5.52. The predicted octanol–water partition coefficient (Wildman–Crippen LogP) is 2.22. The van der Waals surface area contributed by atoms with Crippen LogP contribution in [-0.2, 0) is 14.6 Å². The van der Waals surface area contributed by atoms with Gasteiger partial charge >= 0.3 is 0 Å². The van der Waals surface area contributed by atoms with Gasteiger partial charge in [-0.3, -0.25) is 0 Å². The topological polar surface area (TPSA) is 69.4 Å². The van der Waals surface area contributed by atoms with E-state index in [2.05, 4.69) is 0 Å². The molecule has 0 saturated heterocycles. The number of hydrogen-bond donors (Lipinski definition) is 1. The summed E-state index contributed by atoms with van der Waals surface area (Å²) in [6, 6.07) is 7.36. The van der Waals surface area contributed by atoms with Crippen LogP contribution in [0.25, 0.3) is 0 Å². The molecule has 0 bridgehead atoms. The zero-order valence-electron chi connectivity index (χ0n) is 12.4. The second-order valence-electron chi connectivity index (χ2n) is 5.48. The lowest BCUT2D eigenvalue weighted by Gasteiger charge is -2.15. The van der Waals surface area contributed by atoms with Crippen LogP contribution in [0.5, 0.6) is 0 Å². The van der Waals surface area contributed by atoms with Gasteiger partial charge < -0.3 is 10.5 Å². The lowest BCUT2D eigenvalue weighted by atomic mass is 10.00. The highest BCUT2D eigenvalue weighted by Gasteiger charge is 2.69. The Hall–Kier alpha value is -0.620. The lowest BCUT2D eigenvalue weighted by Crippen LogP contribution is -2.29. The van der Waals surface area contributed by atoms with Crippen LogP contribution in [0, 0.1) is 5.41 Å². The SMILES string of the molecule is CCOC[C@]1(CN)[C@H](c2cccc(Cl)c2)[C@@H]1S(=O)(=O)CC. The molecule has 1 aromatic carbocycles. The number of benzene rings is 1. The molecule has 0 aromatic heterocycles. The summed E-state index contributed by atoms with van der Waals surface area (Å²) in [5.41, 5.74) is 6.33. The summed E-state index contributed by atoms with van der Waals surface area (Å²) >= 11 is 6.04. The van der Waals surface area contributed by atoms with Crippen LogP contribution in [-0.4, -0.2) is 39.2 Å². The highest BCUT2D eigenvalue weighted by atomic mass is 35.5. The van der Waals surface area contributed by atoms with Gasteiger partial charge in [-0.2, -0.15) is 0 Å². The summed E-state index contributed by atoms with van der Waals surface area (Å²) in [5, 5.41) is 0.124. The first-order valence-electron chi connectivity index (χ1n) is 7.17. The molecule has 0 unspecified atom stereocenters. The molecule has 0 radical (unpaired) electrons. The maximum atomic E-state index is 12.4. The van der Waals surface area contributed by atoms with Gasteiger partial charge in [0.2, 0.25) is 0 Å². The standard InChI is InChI=1S/C15H22ClNO3S/c1-3-20-10-15(9-17)13(14(15)21(18,19)4-2)11-6-5-7-12(16)8-11/h5-8,13-14H,3-4,9-10,17H2,1-2H3/t13-,14+,15-/m1/s1. The fraction of sp³-hybridized carbons (Fsp3) is 0.600. The summed E-state index contributed by atoms with van der Waals surface area (Å²) in [5.74, 6) is -0.0273. The minimum atomic E-state index is -3.19. The van der Waals surface area contributed by atoms with Crippen molar-refractivity contribution in [3.05, 3.63) is 34.9 Å². The summed E-state index contributed by atoms with van der Waals surface area (Å²) in [6.07, 6.45) is 0. The first-order chi connectivity index (χ1) is 9.93. The van der Waals surface area contributed by atoms with Crippen LogP contribution in [0.15, 0.2) is 24.3 Å². The molecule has 0 aliphatic heterocycles. The predicted molar refractivity (Wildman–Crippen MR) is 85.4 cm³/mol. The van der Waals surface area contributed by atoms with Crippen molar-refractivity contribution in [3.8, 4) is 0 Å². The molecule has 4 nitrogen and oxygen atoms in total. The van der Waals surface area contributed by atoms with Crippen LogP contribution < -0.4 is 5.73 Å². The van der Waals surface area contributed by atoms with E-state index in [9.17, 15) is 8.42 Å². The number of hydrogen-bond acceptors (Lipinski definition) is 4. The lowest BCUT2D eigenvalue weighted by molar-refractivity contribution is 0.101. The quantitative estimate of drug-likeness (QED) is 0.831. The molecule has 2 rings (SSSR count). The molecule has 118 valence electrons. The van der Waals surface area contributed by atoms with Crippen LogP contribution in [0.3, 0.4) is 0 Å². The molecular weight excluding hydrogens is 310 g/mol. The van der Waals surface area contributed by atoms with Crippen LogP contribution in [0.2, 0.25) is 5.02 Å². The Morgan fingerprint density at radius 1 is 1.38 bits per heavy atom. The third kappa shape index (κ3) is 2.97. The van der Waals surface area contributed by atoms with E-state index < -0.39 is 20.5 Å². The summed E-state index contributed by atoms with van der Waals surface area (Å²) in [4.78, 5) is 0. The van der Waals surface area contributed by atoms with E-state index >= 15 is 0 Å². The molecule has 21 heavy (non-hydrogen) atoms. The molecule has 2 N–H and O–H groups in total. The van der Waals surface area contributed by atoms with Gasteiger partial charge in [-0.25, -0.2) is 8.42 Å². The average Bonchev–Trinajstić information content (AvgIpc) is 3.15. The van der Waals surface area contributed by atoms with E-state index in [1.165, 1.54) is 0 Å². The highest BCUT2D eigenvalue weighted by molar-refractivity contribution is 7.92. The van der Waals surface area contributed by atoms with Crippen molar-refractivity contribution >= 4 is 21.4 Å². The van der Waals surface area contributed by atoms with E-state index in [0.29, 0.717) is 18.2 Å². The number of halogens is 1. The minimum absolute atomic E-state index is 0.114. The van der Waals surface area contributed by atoms with Gasteiger partial charge in [-0.15, -0.1) is 0 Å². The van der Waals surface area contributed by atoms with Crippen molar-refractivity contribution in [3.63, 3.8) is 0 Å². The molecule has 1 saturated carbocycles. The molecule has 6 heteroatoms. The fourth-order valence-electron chi connectivity index (χ4n) is 3.17. The number of ether oxygens (including phenoxy) is 1. The molecule has 1 aromatic rings. The number of nitrogens with two attached hydrogens (primary N) is 1. The second-order valence-corrected chi connectivity index (χ2v) is 8.33. The van der Waals surface area contributed by atoms with Crippen molar-refractivity contribution in [1.29, 1.82) is 0 Å². The van der Waals surface area contributed by atoms with Crippen molar-refractivity contribution in [2.75, 3.05) is 25.5 Å². The van der Waals surface area contributed by atoms with E-state index in [4.69, 9.17) is 22.1 Å². The first kappa shape index (κ1) is 16.7. The monoisotopic (exact) mass is 331 g/mol. The Labute approximate surface area is 131 Å². The van der Waals surface area contributed by atoms with Crippen LogP contribution in [0.1, 0.15) is 25.3 Å². The van der Waals surface area contributed by atoms with E-state index in [1.807, 2.05) is 25.1 Å². The molecule has 3 atom stereocenters. The van der Waals surface area contributed by atoms with Crippen LogP contribution >= 0.6 is 11.6 Å². The summed E-state index contributed by atoms with van der Waals surface area (Å²) in [6.45, 7) is 4.76. The van der Waals surface area contributed by atoms with E-state index in [0.717, 1.165) is 5.56 Å². The molecule has 1 aliphatic rings. The normalized spacial score (nSPS) is 28.6. The van der Waals surface area contributed by atoms with Gasteiger partial charge in [0, 0.05) is 35.3 Å². The van der Waals surface area contributed by atoms with Gasteiger partial charge in [-0.1, -0.05) is 30.7 Å². The van der Waals surface area contributed by atoms with Crippen LogP contribution in [0.4, 0.5) is 0 Å². The summed E-state index contributed by atoms with van der Waals surface area (Å²) in [7, 11) is -3.19. The van der Waals surface area contributed by atoms with Gasteiger partial charge in [0.15, 0.2) is 9.84 Å². The molecule has 1 aliphatic carbocycles. The maximum absolute atomic E-state index is 12.4. The smallest absolute Gasteiger partial charge is 0.154 e. The zero-order chi connectivity index (χ0) is 15.7. The molecule has 1 fully saturated rings. The molecule has 0 heterocycles. The summed E-state index contributed by atoms with van der Waals surface area (Å²) < 4.78 is 30.4. The Balaban J connectivity index is 2.41. The van der Waals surface area contributed by atoms with E-state index in [-0.39, 0.29) is 18.2 Å². The largest absolute Gasteiger partial charge is 0.381 e. The zero-order valence-corrected chi connectivity index (χ0v) is 14.0. The van der Waals surface area contributed by atoms with Crippen molar-refractivity contribution < 1.29 is 13.2 Å². The van der Waals surface area contributed by atoms with Gasteiger partial charge in [0.05, 0.1) is 11.9 Å². The molecule has 0 amide bonds. The minimum Gasteiger partial charge on any atom is -0.381 e. The molecule has 0 spiro atoms.